The number of aromatic nitrogens is 2. The van der Waals surface area contributed by atoms with Crippen molar-refractivity contribution in [1.82, 2.24) is 9.13 Å². The third kappa shape index (κ3) is 14.5. The van der Waals surface area contributed by atoms with Gasteiger partial charge in [0, 0.05) is 67.0 Å². The highest BCUT2D eigenvalue weighted by molar-refractivity contribution is 6.27. The SMILES string of the molecule is c1ccc(-c2cc(-c3ccccc3)cc(-c3ccc(N(c4cc(-c5ccccc5)cc(-c5ccc(-c6ccc(-c7ccc(N(c8cc(-c9ccccc9)cc(-c9ccccc9)c8)c8cccc(-c9cccc%10c9c9c%11ccccc%11ccc9n%10-c9ccccc9)c8)cc7)cc6)cc5)c4)c4cccc(-c5cccc6c5c5c7ccccc7ccc5n6-c5ccccc5)c4)cc3)c2)cc1. The molecule has 0 aliphatic carbocycles. The van der Waals surface area contributed by atoms with Gasteiger partial charge in [-0.25, -0.2) is 0 Å². The Kier molecular flexibility index (Phi) is 19.9. The van der Waals surface area contributed by atoms with Gasteiger partial charge >= 0.3 is 0 Å². The lowest BCUT2D eigenvalue weighted by Gasteiger charge is -2.28. The highest BCUT2D eigenvalue weighted by atomic mass is 15.1. The molecule has 0 aliphatic rings. The lowest BCUT2D eigenvalue weighted by molar-refractivity contribution is 1.18. The molecule has 0 spiro atoms. The average molecular weight is 1680 g/mol. The molecule has 4 heteroatoms. The molecule has 0 aliphatic heterocycles. The maximum atomic E-state index is 2.46. The molecule has 24 rings (SSSR count). The third-order valence-electron chi connectivity index (χ3n) is 26.4. The van der Waals surface area contributed by atoms with E-state index in [1.54, 1.807) is 0 Å². The van der Waals surface area contributed by atoms with E-state index in [1.165, 1.54) is 93.0 Å². The first-order chi connectivity index (χ1) is 65.4. The number of para-hydroxylation sites is 2. The summed E-state index contributed by atoms with van der Waals surface area (Å²) in [7, 11) is 0. The summed E-state index contributed by atoms with van der Waals surface area (Å²) in [6.07, 6.45) is 0. The van der Waals surface area contributed by atoms with Gasteiger partial charge in [0.2, 0.25) is 0 Å². The van der Waals surface area contributed by atoms with Crippen molar-refractivity contribution in [3.05, 3.63) is 522 Å². The van der Waals surface area contributed by atoms with Crippen molar-refractivity contribution in [3.63, 3.8) is 0 Å². The van der Waals surface area contributed by atoms with E-state index in [0.717, 1.165) is 140 Å². The van der Waals surface area contributed by atoms with E-state index >= 15 is 0 Å². The van der Waals surface area contributed by atoms with Crippen molar-refractivity contribution >= 4 is 99.3 Å². The molecular formula is C128H86N4. The summed E-state index contributed by atoms with van der Waals surface area (Å²) >= 11 is 0. The standard InChI is InChI=1S/C128H86N4/c1-8-30-87(31-9-1)102-76-103(88-32-10-2-11-33-88)78-104(77-102)97-66-72-112(73-67-97)130(114-49-27-43-101(82-114)120-53-29-55-122-128(120)126-118-51-25-23-41-99(118)69-75-124(126)132(122)110-46-20-7-21-47-110)116-85-107(91-38-16-5-17-39-91)80-108(86-116)96-62-60-93(61-63-96)92-56-58-94(59-57-92)95-64-70-111(71-65-95)129(115-83-105(89-34-12-3-13-35-89)79-106(84-115)90-36-14-4-15-37-90)113-48-26-42-100(81-113)119-52-28-54-121-127(119)125-117-50-24-22-40-98(117)68-74-123(125)131(121)109-44-18-6-19-45-109/h1-86H. The Morgan fingerprint density at radius 1 is 0.129 bits per heavy atom. The molecule has 0 radical (unpaired) electrons. The summed E-state index contributed by atoms with van der Waals surface area (Å²) in [5.41, 5.74) is 38.3. The van der Waals surface area contributed by atoms with Crippen LogP contribution in [0.2, 0.25) is 0 Å². The van der Waals surface area contributed by atoms with Crippen LogP contribution in [0.4, 0.5) is 34.1 Å². The molecule has 0 saturated carbocycles. The fourth-order valence-electron chi connectivity index (χ4n) is 20.1. The normalized spacial score (nSPS) is 11.5. The van der Waals surface area contributed by atoms with Crippen LogP contribution < -0.4 is 9.80 Å². The Morgan fingerprint density at radius 2 is 0.364 bits per heavy atom. The van der Waals surface area contributed by atoms with Gasteiger partial charge in [0.15, 0.2) is 0 Å². The van der Waals surface area contributed by atoms with Gasteiger partial charge in [-0.2, -0.15) is 0 Å². The number of fused-ring (bicyclic) bond motifs is 10. The predicted molar refractivity (Wildman–Crippen MR) is 559 cm³/mol. The fourth-order valence-corrected chi connectivity index (χ4v) is 20.1. The summed E-state index contributed by atoms with van der Waals surface area (Å²) in [4.78, 5) is 4.90. The number of nitrogens with zero attached hydrogens (tertiary/aromatic N) is 4. The first-order valence-corrected chi connectivity index (χ1v) is 45.4. The number of rotatable bonds is 19. The second-order valence-electron chi connectivity index (χ2n) is 34.3. The molecule has 0 saturated heterocycles. The third-order valence-corrected chi connectivity index (χ3v) is 26.4. The van der Waals surface area contributed by atoms with Crippen LogP contribution in [-0.2, 0) is 0 Å². The topological polar surface area (TPSA) is 16.3 Å². The maximum Gasteiger partial charge on any atom is 0.0547 e. The summed E-state index contributed by atoms with van der Waals surface area (Å²) in [5, 5.41) is 9.82. The van der Waals surface area contributed by atoms with Gasteiger partial charge in [-0.05, 0) is 296 Å². The smallest absolute Gasteiger partial charge is 0.0547 e. The second-order valence-corrected chi connectivity index (χ2v) is 34.3. The van der Waals surface area contributed by atoms with Gasteiger partial charge in [0.25, 0.3) is 0 Å². The van der Waals surface area contributed by atoms with E-state index < -0.39 is 0 Å². The zero-order chi connectivity index (χ0) is 87.4. The largest absolute Gasteiger partial charge is 0.310 e. The molecule has 2 aromatic heterocycles. The molecule has 0 N–H and O–H groups in total. The van der Waals surface area contributed by atoms with E-state index in [2.05, 4.69) is 541 Å². The Morgan fingerprint density at radius 3 is 0.682 bits per heavy atom. The van der Waals surface area contributed by atoms with Gasteiger partial charge < -0.3 is 18.9 Å². The minimum absolute atomic E-state index is 1.03. The van der Waals surface area contributed by atoms with Crippen LogP contribution in [0.5, 0.6) is 0 Å². The van der Waals surface area contributed by atoms with Crippen LogP contribution in [0, 0.1) is 0 Å². The summed E-state index contributed by atoms with van der Waals surface area (Å²) in [6, 6.07) is 192. The van der Waals surface area contributed by atoms with Crippen LogP contribution in [0.25, 0.3) is 199 Å². The van der Waals surface area contributed by atoms with E-state index in [1.807, 2.05) is 0 Å². The summed E-state index contributed by atoms with van der Waals surface area (Å²) < 4.78 is 4.87. The minimum atomic E-state index is 1.03. The monoisotopic (exact) mass is 1680 g/mol. The van der Waals surface area contributed by atoms with Crippen LogP contribution in [-0.4, -0.2) is 9.13 Å². The summed E-state index contributed by atoms with van der Waals surface area (Å²) in [5.74, 6) is 0. The Hall–Kier alpha value is -17.4. The van der Waals surface area contributed by atoms with Crippen LogP contribution in [0.15, 0.2) is 522 Å². The molecule has 0 bridgehead atoms. The molecule has 132 heavy (non-hydrogen) atoms. The average Bonchev–Trinajstić information content (AvgIpc) is 1.57. The molecule has 4 nitrogen and oxygen atoms in total. The highest BCUT2D eigenvalue weighted by Crippen LogP contribution is 2.50. The minimum Gasteiger partial charge on any atom is -0.310 e. The first-order valence-electron chi connectivity index (χ1n) is 45.4. The molecule has 0 amide bonds. The molecule has 0 atom stereocenters. The van der Waals surface area contributed by atoms with Crippen molar-refractivity contribution in [3.8, 4) is 134 Å². The van der Waals surface area contributed by atoms with E-state index in [4.69, 9.17) is 0 Å². The molecular weight excluding hydrogens is 1590 g/mol. The molecule has 0 unspecified atom stereocenters. The van der Waals surface area contributed by atoms with Crippen molar-refractivity contribution in [2.75, 3.05) is 9.80 Å². The van der Waals surface area contributed by atoms with Crippen LogP contribution in [0.1, 0.15) is 0 Å². The number of hydrogen-bond donors (Lipinski definition) is 0. The number of benzene rings is 22. The van der Waals surface area contributed by atoms with Crippen LogP contribution >= 0.6 is 0 Å². The lowest BCUT2D eigenvalue weighted by atomic mass is 9.93. The fraction of sp³-hybridized carbons (Fsp3) is 0. The molecule has 2 heterocycles. The Balaban J connectivity index is 0.595. The Labute approximate surface area is 768 Å². The lowest BCUT2D eigenvalue weighted by Crippen LogP contribution is -2.10. The van der Waals surface area contributed by atoms with Gasteiger partial charge in [-0.3, -0.25) is 0 Å². The van der Waals surface area contributed by atoms with E-state index in [9.17, 15) is 0 Å². The van der Waals surface area contributed by atoms with E-state index in [0.29, 0.717) is 0 Å². The second kappa shape index (κ2) is 33.7. The molecule has 22 aromatic carbocycles. The maximum absolute atomic E-state index is 2.46. The molecule has 24 aromatic rings. The van der Waals surface area contributed by atoms with Gasteiger partial charge in [-0.1, -0.05) is 370 Å². The zero-order valence-corrected chi connectivity index (χ0v) is 72.4. The van der Waals surface area contributed by atoms with E-state index in [-0.39, 0.29) is 0 Å². The number of hydrogen-bond acceptors (Lipinski definition) is 2. The first kappa shape index (κ1) is 78.1. The Bertz CT molecular complexity index is 8310. The van der Waals surface area contributed by atoms with Crippen molar-refractivity contribution < 1.29 is 0 Å². The number of anilines is 6. The zero-order valence-electron chi connectivity index (χ0n) is 72.4. The van der Waals surface area contributed by atoms with Gasteiger partial charge in [0.1, 0.15) is 0 Å². The van der Waals surface area contributed by atoms with Crippen molar-refractivity contribution in [2.45, 2.75) is 0 Å². The molecule has 618 valence electrons. The van der Waals surface area contributed by atoms with Gasteiger partial charge in [-0.15, -0.1) is 0 Å². The quantitative estimate of drug-likeness (QED) is 0.0802. The van der Waals surface area contributed by atoms with Crippen molar-refractivity contribution in [1.29, 1.82) is 0 Å². The van der Waals surface area contributed by atoms with Crippen molar-refractivity contribution in [2.24, 2.45) is 0 Å². The van der Waals surface area contributed by atoms with Crippen LogP contribution in [0.3, 0.4) is 0 Å². The molecule has 0 fully saturated rings. The predicted octanol–water partition coefficient (Wildman–Crippen LogP) is 35.5. The summed E-state index contributed by atoms with van der Waals surface area (Å²) in [6.45, 7) is 0. The van der Waals surface area contributed by atoms with Gasteiger partial charge in [0.05, 0.1) is 22.1 Å². The highest BCUT2D eigenvalue weighted by Gasteiger charge is 2.26.